The first-order valence-corrected chi connectivity index (χ1v) is 5.95. The molecule has 0 atom stereocenters. The minimum absolute atomic E-state index is 0.246. The van der Waals surface area contributed by atoms with Gasteiger partial charge in [-0.1, -0.05) is 17.7 Å². The summed E-state index contributed by atoms with van der Waals surface area (Å²) in [5.74, 6) is -0.246. The molecule has 0 aromatic heterocycles. The van der Waals surface area contributed by atoms with Crippen LogP contribution in [0.25, 0.3) is 0 Å². The predicted octanol–water partition coefficient (Wildman–Crippen LogP) is 3.70. The summed E-state index contributed by atoms with van der Waals surface area (Å²) in [5, 5.41) is 0.643. The molecule has 0 amide bonds. The number of nitrogens with zero attached hydrogens (tertiary/aromatic N) is 1. The van der Waals surface area contributed by atoms with E-state index >= 15 is 0 Å². The third-order valence-electron chi connectivity index (χ3n) is 2.82. The predicted molar refractivity (Wildman–Crippen MR) is 74.4 cm³/mol. The lowest BCUT2D eigenvalue weighted by atomic mass is 10.1. The quantitative estimate of drug-likeness (QED) is 0.857. The van der Waals surface area contributed by atoms with E-state index in [1.807, 2.05) is 30.1 Å². The van der Waals surface area contributed by atoms with Crippen molar-refractivity contribution < 1.29 is 4.39 Å². The lowest BCUT2D eigenvalue weighted by Crippen LogP contribution is -2.17. The van der Waals surface area contributed by atoms with Gasteiger partial charge >= 0.3 is 0 Å². The molecule has 0 fully saturated rings. The monoisotopic (exact) mass is 264 g/mol. The van der Waals surface area contributed by atoms with Crippen LogP contribution in [0.2, 0.25) is 5.02 Å². The molecule has 2 N–H and O–H groups in total. The maximum absolute atomic E-state index is 12.8. The van der Waals surface area contributed by atoms with Crippen molar-refractivity contribution >= 4 is 23.0 Å². The Morgan fingerprint density at radius 1 is 1.17 bits per heavy atom. The van der Waals surface area contributed by atoms with Gasteiger partial charge < -0.3 is 10.6 Å². The molecule has 0 unspecified atom stereocenters. The Morgan fingerprint density at radius 2 is 1.83 bits per heavy atom. The Morgan fingerprint density at radius 3 is 2.44 bits per heavy atom. The van der Waals surface area contributed by atoms with Gasteiger partial charge in [0.15, 0.2) is 0 Å². The van der Waals surface area contributed by atoms with Crippen LogP contribution in [0.5, 0.6) is 0 Å². The third-order valence-corrected chi connectivity index (χ3v) is 3.17. The van der Waals surface area contributed by atoms with E-state index in [-0.39, 0.29) is 5.82 Å². The first-order valence-electron chi connectivity index (χ1n) is 5.57. The second kappa shape index (κ2) is 5.27. The molecule has 2 rings (SSSR count). The van der Waals surface area contributed by atoms with Crippen LogP contribution >= 0.6 is 11.6 Å². The van der Waals surface area contributed by atoms with Crippen LogP contribution in [-0.2, 0) is 6.54 Å². The second-order valence-corrected chi connectivity index (χ2v) is 4.55. The normalized spacial score (nSPS) is 10.4. The van der Waals surface area contributed by atoms with Gasteiger partial charge in [-0.3, -0.25) is 0 Å². The smallest absolute Gasteiger partial charge is 0.123 e. The van der Waals surface area contributed by atoms with Crippen LogP contribution < -0.4 is 10.6 Å². The van der Waals surface area contributed by atoms with E-state index in [1.165, 1.54) is 12.1 Å². The molecule has 94 valence electrons. The molecule has 0 aliphatic carbocycles. The van der Waals surface area contributed by atoms with Crippen LogP contribution in [0.1, 0.15) is 5.56 Å². The number of benzene rings is 2. The fourth-order valence-corrected chi connectivity index (χ4v) is 2.01. The average molecular weight is 265 g/mol. The zero-order valence-corrected chi connectivity index (χ0v) is 10.8. The number of rotatable bonds is 3. The Labute approximate surface area is 111 Å². The SMILES string of the molecule is CN(Cc1c(N)cccc1Cl)c1ccc(F)cc1. The van der Waals surface area contributed by atoms with Crippen LogP contribution in [0.4, 0.5) is 15.8 Å². The molecule has 0 saturated carbocycles. The Balaban J connectivity index is 2.21. The molecule has 2 aromatic rings. The summed E-state index contributed by atoms with van der Waals surface area (Å²) in [6.45, 7) is 0.580. The molecule has 18 heavy (non-hydrogen) atoms. The van der Waals surface area contributed by atoms with Crippen LogP contribution in [-0.4, -0.2) is 7.05 Å². The van der Waals surface area contributed by atoms with E-state index in [0.717, 1.165) is 11.3 Å². The van der Waals surface area contributed by atoms with Crippen molar-refractivity contribution in [2.45, 2.75) is 6.54 Å². The van der Waals surface area contributed by atoms with Gasteiger partial charge in [-0.15, -0.1) is 0 Å². The molecule has 0 spiro atoms. The number of anilines is 2. The molecule has 0 bridgehead atoms. The van der Waals surface area contributed by atoms with Crippen molar-refractivity contribution in [1.82, 2.24) is 0 Å². The van der Waals surface area contributed by atoms with E-state index in [2.05, 4.69) is 0 Å². The first-order chi connectivity index (χ1) is 8.58. The molecular formula is C14H14ClFN2. The maximum Gasteiger partial charge on any atom is 0.123 e. The highest BCUT2D eigenvalue weighted by atomic mass is 35.5. The highest BCUT2D eigenvalue weighted by Gasteiger charge is 2.08. The third kappa shape index (κ3) is 2.74. The van der Waals surface area contributed by atoms with Crippen molar-refractivity contribution in [2.24, 2.45) is 0 Å². The fraction of sp³-hybridized carbons (Fsp3) is 0.143. The van der Waals surface area contributed by atoms with Crippen molar-refractivity contribution in [3.8, 4) is 0 Å². The average Bonchev–Trinajstić information content (AvgIpc) is 2.34. The lowest BCUT2D eigenvalue weighted by Gasteiger charge is -2.21. The first kappa shape index (κ1) is 12.7. The van der Waals surface area contributed by atoms with Gasteiger partial charge in [-0.05, 0) is 36.4 Å². The summed E-state index contributed by atoms with van der Waals surface area (Å²) < 4.78 is 12.8. The van der Waals surface area contributed by atoms with Crippen LogP contribution in [0, 0.1) is 5.82 Å². The minimum atomic E-state index is -0.246. The number of nitrogen functional groups attached to an aromatic ring is 1. The molecule has 0 radical (unpaired) electrons. The number of nitrogens with two attached hydrogens (primary N) is 1. The molecule has 0 heterocycles. The summed E-state index contributed by atoms with van der Waals surface area (Å²) in [6, 6.07) is 11.8. The Hall–Kier alpha value is -1.74. The Bertz CT molecular complexity index is 520. The van der Waals surface area contributed by atoms with Gasteiger partial charge in [-0.2, -0.15) is 0 Å². The van der Waals surface area contributed by atoms with Gasteiger partial charge in [0, 0.05) is 35.6 Å². The second-order valence-electron chi connectivity index (χ2n) is 4.14. The molecular weight excluding hydrogens is 251 g/mol. The largest absolute Gasteiger partial charge is 0.398 e. The molecule has 2 nitrogen and oxygen atoms in total. The Kier molecular flexibility index (Phi) is 3.72. The van der Waals surface area contributed by atoms with Crippen molar-refractivity contribution in [1.29, 1.82) is 0 Å². The summed E-state index contributed by atoms with van der Waals surface area (Å²) in [5.41, 5.74) is 8.36. The molecule has 2 aromatic carbocycles. The van der Waals surface area contributed by atoms with Crippen LogP contribution in [0.3, 0.4) is 0 Å². The van der Waals surface area contributed by atoms with Crippen molar-refractivity contribution in [3.63, 3.8) is 0 Å². The van der Waals surface area contributed by atoms with E-state index in [1.54, 1.807) is 12.1 Å². The van der Waals surface area contributed by atoms with E-state index in [4.69, 9.17) is 17.3 Å². The summed E-state index contributed by atoms with van der Waals surface area (Å²) in [4.78, 5) is 1.97. The highest BCUT2D eigenvalue weighted by Crippen LogP contribution is 2.25. The number of hydrogen-bond donors (Lipinski definition) is 1. The van der Waals surface area contributed by atoms with Crippen molar-refractivity contribution in [3.05, 3.63) is 58.9 Å². The summed E-state index contributed by atoms with van der Waals surface area (Å²) in [7, 11) is 1.91. The van der Waals surface area contributed by atoms with Gasteiger partial charge in [-0.25, -0.2) is 4.39 Å². The van der Waals surface area contributed by atoms with E-state index < -0.39 is 0 Å². The van der Waals surface area contributed by atoms with E-state index in [9.17, 15) is 4.39 Å². The zero-order chi connectivity index (χ0) is 13.1. The van der Waals surface area contributed by atoms with Gasteiger partial charge in [0.05, 0.1) is 0 Å². The maximum atomic E-state index is 12.8. The summed E-state index contributed by atoms with van der Waals surface area (Å²) >= 11 is 6.12. The molecule has 4 heteroatoms. The summed E-state index contributed by atoms with van der Waals surface area (Å²) in [6.07, 6.45) is 0. The van der Waals surface area contributed by atoms with Gasteiger partial charge in [0.2, 0.25) is 0 Å². The number of halogens is 2. The molecule has 0 saturated heterocycles. The van der Waals surface area contributed by atoms with Crippen LogP contribution in [0.15, 0.2) is 42.5 Å². The number of hydrogen-bond acceptors (Lipinski definition) is 2. The lowest BCUT2D eigenvalue weighted by molar-refractivity contribution is 0.627. The zero-order valence-electron chi connectivity index (χ0n) is 10.0. The van der Waals surface area contributed by atoms with Crippen molar-refractivity contribution in [2.75, 3.05) is 17.7 Å². The highest BCUT2D eigenvalue weighted by molar-refractivity contribution is 6.31. The topological polar surface area (TPSA) is 29.3 Å². The standard InChI is InChI=1S/C14H14ClFN2/c1-18(11-7-5-10(16)6-8-11)9-12-13(15)3-2-4-14(12)17/h2-8H,9,17H2,1H3. The fourth-order valence-electron chi connectivity index (χ4n) is 1.77. The molecule has 0 aliphatic rings. The van der Waals surface area contributed by atoms with E-state index in [0.29, 0.717) is 17.3 Å². The minimum Gasteiger partial charge on any atom is -0.398 e. The molecule has 0 aliphatic heterocycles. The van der Waals surface area contributed by atoms with Gasteiger partial charge in [0.25, 0.3) is 0 Å². The van der Waals surface area contributed by atoms with Gasteiger partial charge in [0.1, 0.15) is 5.82 Å².